The molecule has 0 aliphatic rings. The van der Waals surface area contributed by atoms with Gasteiger partial charge in [-0.1, -0.05) is 0 Å². The molecule has 2 nitrogen and oxygen atoms in total. The second-order valence-electron chi connectivity index (χ2n) is 0. The zero-order valence-electron chi connectivity index (χ0n) is 3.89. The van der Waals surface area contributed by atoms with Gasteiger partial charge in [0.2, 0.25) is 0 Å². The Bertz CT molecular complexity index is 13.5. The van der Waals surface area contributed by atoms with Gasteiger partial charge >= 0.3 is 40.6 Å². The molecule has 5 heteroatoms. The average Bonchev–Trinajstić information content (AvgIpc) is 0. The van der Waals surface area contributed by atoms with E-state index >= 15 is 0 Å². The molecule has 0 aliphatic carbocycles. The van der Waals surface area contributed by atoms with Gasteiger partial charge in [-0.2, -0.15) is 0 Å². The van der Waals surface area contributed by atoms with Crippen LogP contribution in [0.2, 0.25) is 0 Å². The summed E-state index contributed by atoms with van der Waals surface area (Å²) in [6.07, 6.45) is 0. The zero-order valence-corrected chi connectivity index (χ0v) is 8.08. The van der Waals surface area contributed by atoms with Crippen molar-refractivity contribution in [2.45, 2.75) is 0 Å². The molecule has 0 heterocycles. The molecule has 0 aromatic heterocycles. The van der Waals surface area contributed by atoms with Gasteiger partial charge in [-0.15, -0.1) is 0 Å². The third-order valence-corrected chi connectivity index (χ3v) is 0. The predicted molar refractivity (Wildman–Crippen MR) is 2.49 cm³/mol. The molecule has 5 heavy (non-hydrogen) atoms. The van der Waals surface area contributed by atoms with Crippen LogP contribution in [0.25, 0.3) is 0 Å². The van der Waals surface area contributed by atoms with E-state index in [9.17, 15) is 0 Å². The van der Waals surface area contributed by atoms with Crippen molar-refractivity contribution >= 4 is 0 Å². The molecule has 0 spiro atoms. The maximum atomic E-state index is 0. The van der Waals surface area contributed by atoms with Crippen LogP contribution in [0.4, 0.5) is 0 Å². The molecule has 0 amide bonds. The smallest absolute Gasteiger partial charge is 2.00 e. The standard InChI is InChI=1S/La.Li.2O.Ti.H/q;+1;2*-2;+4;-1. The van der Waals surface area contributed by atoms with E-state index in [1.165, 1.54) is 0 Å². The van der Waals surface area contributed by atoms with Gasteiger partial charge in [0, 0.05) is 35.6 Å². The summed E-state index contributed by atoms with van der Waals surface area (Å²) in [5.74, 6) is 0. The van der Waals surface area contributed by atoms with Crippen molar-refractivity contribution in [3.8, 4) is 0 Å². The summed E-state index contributed by atoms with van der Waals surface area (Å²) in [4.78, 5) is 0. The minimum absolute atomic E-state index is 0. The van der Waals surface area contributed by atoms with E-state index < -0.39 is 0 Å². The largest absolute Gasteiger partial charge is 4.00 e. The molecule has 1 radical (unpaired) electrons. The first-order valence-corrected chi connectivity index (χ1v) is 0. The molecular formula is HLaLiO2Ti. The van der Waals surface area contributed by atoms with Gasteiger partial charge in [-0.25, -0.2) is 0 Å². The fourth-order valence-corrected chi connectivity index (χ4v) is 0. The monoisotopic (exact) mass is 227 g/mol. The van der Waals surface area contributed by atoms with E-state index in [0.717, 1.165) is 0 Å². The second-order valence-corrected chi connectivity index (χ2v) is 0. The van der Waals surface area contributed by atoms with Gasteiger partial charge in [0.15, 0.2) is 0 Å². The molecule has 0 unspecified atom stereocenters. The van der Waals surface area contributed by atoms with E-state index in [2.05, 4.69) is 0 Å². The molecule has 0 saturated heterocycles. The maximum absolute atomic E-state index is 0. The van der Waals surface area contributed by atoms with Crippen molar-refractivity contribution in [2.24, 2.45) is 0 Å². The van der Waals surface area contributed by atoms with Gasteiger partial charge in [0.05, 0.1) is 0 Å². The van der Waals surface area contributed by atoms with Crippen LogP contribution in [0, 0.1) is 35.6 Å². The van der Waals surface area contributed by atoms with Crippen LogP contribution in [0.3, 0.4) is 0 Å². The summed E-state index contributed by atoms with van der Waals surface area (Å²) in [6.45, 7) is 0. The number of hydrogen-bond donors (Lipinski definition) is 0. The molecule has 0 saturated carbocycles. The molecule has 0 aliphatic heterocycles. The Morgan fingerprint density at radius 3 is 1.00 bits per heavy atom. The van der Waals surface area contributed by atoms with E-state index in [0.29, 0.717) is 0 Å². The Morgan fingerprint density at radius 2 is 1.00 bits per heavy atom. The minimum Gasteiger partial charge on any atom is -2.00 e. The van der Waals surface area contributed by atoms with Gasteiger partial charge in [0.1, 0.15) is 0 Å². The summed E-state index contributed by atoms with van der Waals surface area (Å²) >= 11 is 0. The Labute approximate surface area is 87.2 Å². The van der Waals surface area contributed by atoms with Crippen molar-refractivity contribution in [2.75, 3.05) is 0 Å². The summed E-state index contributed by atoms with van der Waals surface area (Å²) in [6, 6.07) is 0. The molecule has 0 atom stereocenters. The van der Waals surface area contributed by atoms with Crippen LogP contribution < -0.4 is 18.9 Å². The SMILES string of the molecule is [H-].[La].[Li+].[O-2].[O-2].[Ti+4]. The zero-order chi connectivity index (χ0) is 0. The van der Waals surface area contributed by atoms with E-state index in [4.69, 9.17) is 0 Å². The molecule has 0 N–H and O–H groups in total. The van der Waals surface area contributed by atoms with Crippen molar-refractivity contribution < 1.29 is 88.6 Å². The van der Waals surface area contributed by atoms with Gasteiger partial charge in [-0.05, 0) is 0 Å². The van der Waals surface area contributed by atoms with Crippen LogP contribution in [-0.4, -0.2) is 0 Å². The van der Waals surface area contributed by atoms with Crippen LogP contribution in [0.1, 0.15) is 1.43 Å². The maximum Gasteiger partial charge on any atom is 4.00 e. The normalized spacial score (nSPS) is 0. The van der Waals surface area contributed by atoms with Gasteiger partial charge < -0.3 is 12.4 Å². The van der Waals surface area contributed by atoms with Crippen molar-refractivity contribution in [1.29, 1.82) is 0 Å². The molecule has 0 bridgehead atoms. The van der Waals surface area contributed by atoms with Crippen LogP contribution >= 0.6 is 0 Å². The summed E-state index contributed by atoms with van der Waals surface area (Å²) in [5.41, 5.74) is 0. The summed E-state index contributed by atoms with van der Waals surface area (Å²) < 4.78 is 0. The topological polar surface area (TPSA) is 57.0 Å². The fraction of sp³-hybridized carbons (Fsp3) is 0. The fourth-order valence-electron chi connectivity index (χ4n) is 0. The van der Waals surface area contributed by atoms with Crippen LogP contribution in [-0.2, 0) is 32.7 Å². The Kier molecular flexibility index (Phi) is 335. The Morgan fingerprint density at radius 1 is 1.00 bits per heavy atom. The second kappa shape index (κ2) is 32.1. The van der Waals surface area contributed by atoms with E-state index in [-0.39, 0.29) is 88.6 Å². The third kappa shape index (κ3) is 21.4. The number of hydrogen-bond acceptors (Lipinski definition) is 0. The van der Waals surface area contributed by atoms with Crippen molar-refractivity contribution in [3.63, 3.8) is 0 Å². The molecular weight excluding hydrogens is 226 g/mol. The van der Waals surface area contributed by atoms with E-state index in [1.807, 2.05) is 0 Å². The van der Waals surface area contributed by atoms with E-state index in [1.54, 1.807) is 0 Å². The quantitative estimate of drug-likeness (QED) is 0.393. The first-order valence-electron chi connectivity index (χ1n) is 0. The minimum atomic E-state index is 0. The molecule has 0 aromatic carbocycles. The van der Waals surface area contributed by atoms with Gasteiger partial charge in [0.25, 0.3) is 0 Å². The summed E-state index contributed by atoms with van der Waals surface area (Å²) in [5, 5.41) is 0. The van der Waals surface area contributed by atoms with Crippen LogP contribution in [0.5, 0.6) is 0 Å². The average molecular weight is 227 g/mol. The summed E-state index contributed by atoms with van der Waals surface area (Å²) in [7, 11) is 0. The molecule has 21 valence electrons. The molecule has 0 fully saturated rings. The first-order chi connectivity index (χ1) is 0. The molecule has 0 aromatic rings. The van der Waals surface area contributed by atoms with Crippen LogP contribution in [0.15, 0.2) is 0 Å². The Hall–Kier alpha value is 2.43. The first kappa shape index (κ1) is 52.1. The van der Waals surface area contributed by atoms with Crippen molar-refractivity contribution in [1.82, 2.24) is 0 Å². The number of rotatable bonds is 0. The van der Waals surface area contributed by atoms with Gasteiger partial charge in [-0.3, -0.25) is 0 Å². The Balaban J connectivity index is 0. The van der Waals surface area contributed by atoms with Crippen molar-refractivity contribution in [3.05, 3.63) is 0 Å². The predicted octanol–water partition coefficient (Wildman–Crippen LogP) is -3.12. The molecule has 0 rings (SSSR count). The third-order valence-electron chi connectivity index (χ3n) is 0.